The maximum atomic E-state index is 12.9. The van der Waals surface area contributed by atoms with Crippen LogP contribution in [0, 0.1) is 17.8 Å². The van der Waals surface area contributed by atoms with Crippen LogP contribution in [0.2, 0.25) is 0 Å². The maximum absolute atomic E-state index is 12.9. The highest BCUT2D eigenvalue weighted by Gasteiger charge is 2.41. The number of rotatable bonds is 4. The van der Waals surface area contributed by atoms with Crippen molar-refractivity contribution in [2.45, 2.75) is 84.8 Å². The molecule has 152 valence electrons. The number of phenols is 1. The standard InChI is InChI=1S/C23H36O4/c1-14(2)17-10-8-15(3)12-20(17)27-21(25)23(7,26)18-11-9-16(13-19(18)24)22(4,5)6/h9,11,13-15,17,20,24,26H,8,10,12H2,1-7H3. The predicted octanol–water partition coefficient (Wildman–Crippen LogP) is 4.90. The molecule has 4 atom stereocenters. The number of carbonyl (C=O) groups excluding carboxylic acids is 1. The van der Waals surface area contributed by atoms with Gasteiger partial charge in [0.05, 0.1) is 0 Å². The van der Waals surface area contributed by atoms with E-state index in [9.17, 15) is 15.0 Å². The van der Waals surface area contributed by atoms with E-state index in [-0.39, 0.29) is 22.8 Å². The Balaban J connectivity index is 2.24. The molecule has 0 amide bonds. The minimum absolute atomic E-state index is 0.0817. The van der Waals surface area contributed by atoms with Crippen LogP contribution in [0.15, 0.2) is 18.2 Å². The first-order valence-corrected chi connectivity index (χ1v) is 10.1. The monoisotopic (exact) mass is 376 g/mol. The zero-order chi connectivity index (χ0) is 20.6. The van der Waals surface area contributed by atoms with Crippen molar-refractivity contribution in [2.24, 2.45) is 17.8 Å². The summed E-state index contributed by atoms with van der Waals surface area (Å²) in [6.07, 6.45) is 2.80. The largest absolute Gasteiger partial charge is 0.508 e. The van der Waals surface area contributed by atoms with E-state index < -0.39 is 11.6 Å². The summed E-state index contributed by atoms with van der Waals surface area (Å²) in [5.41, 5.74) is -0.896. The predicted molar refractivity (Wildman–Crippen MR) is 108 cm³/mol. The van der Waals surface area contributed by atoms with Crippen molar-refractivity contribution in [3.05, 3.63) is 29.3 Å². The first kappa shape index (κ1) is 21.7. The van der Waals surface area contributed by atoms with Gasteiger partial charge in [-0.05, 0) is 54.6 Å². The number of esters is 1. The molecule has 27 heavy (non-hydrogen) atoms. The molecule has 0 aromatic heterocycles. The normalized spacial score (nSPS) is 25.9. The SMILES string of the molecule is CC1CCC(C(C)C)C(OC(=O)C(C)(O)c2ccc(C(C)(C)C)cc2O)C1. The second-order valence-corrected chi connectivity index (χ2v) is 9.82. The van der Waals surface area contributed by atoms with Crippen molar-refractivity contribution < 1.29 is 19.7 Å². The van der Waals surface area contributed by atoms with Crippen LogP contribution in [-0.4, -0.2) is 22.3 Å². The minimum Gasteiger partial charge on any atom is -0.508 e. The van der Waals surface area contributed by atoms with Crippen molar-refractivity contribution in [1.29, 1.82) is 0 Å². The Kier molecular flexibility index (Phi) is 6.30. The number of carbonyl (C=O) groups is 1. The number of aromatic hydroxyl groups is 1. The summed E-state index contributed by atoms with van der Waals surface area (Å²) >= 11 is 0. The summed E-state index contributed by atoms with van der Waals surface area (Å²) in [5.74, 6) is 0.451. The van der Waals surface area contributed by atoms with Gasteiger partial charge in [0.15, 0.2) is 5.60 Å². The number of ether oxygens (including phenoxy) is 1. The Labute approximate surface area is 163 Å². The number of hydrogen-bond donors (Lipinski definition) is 2. The van der Waals surface area contributed by atoms with E-state index in [1.165, 1.54) is 6.92 Å². The molecule has 4 heteroatoms. The molecule has 0 saturated heterocycles. The second kappa shape index (κ2) is 7.83. The lowest BCUT2D eigenvalue weighted by molar-refractivity contribution is -0.177. The summed E-state index contributed by atoms with van der Waals surface area (Å²) in [7, 11) is 0. The van der Waals surface area contributed by atoms with Gasteiger partial charge in [0, 0.05) is 5.56 Å². The maximum Gasteiger partial charge on any atom is 0.342 e. The zero-order valence-electron chi connectivity index (χ0n) is 17.9. The van der Waals surface area contributed by atoms with E-state index >= 15 is 0 Å². The van der Waals surface area contributed by atoms with Gasteiger partial charge in [0.1, 0.15) is 11.9 Å². The van der Waals surface area contributed by atoms with Gasteiger partial charge in [-0.25, -0.2) is 4.79 Å². The van der Waals surface area contributed by atoms with Crippen LogP contribution in [0.1, 0.15) is 78.9 Å². The van der Waals surface area contributed by atoms with Crippen molar-refractivity contribution in [3.8, 4) is 5.75 Å². The van der Waals surface area contributed by atoms with E-state index in [1.54, 1.807) is 12.1 Å². The average Bonchev–Trinajstić information content (AvgIpc) is 2.53. The first-order valence-electron chi connectivity index (χ1n) is 10.1. The van der Waals surface area contributed by atoms with Gasteiger partial charge < -0.3 is 14.9 Å². The molecule has 2 rings (SSSR count). The van der Waals surface area contributed by atoms with Gasteiger partial charge in [-0.15, -0.1) is 0 Å². The molecule has 1 saturated carbocycles. The lowest BCUT2D eigenvalue weighted by atomic mass is 9.75. The van der Waals surface area contributed by atoms with Crippen molar-refractivity contribution in [3.63, 3.8) is 0 Å². The number of benzene rings is 1. The lowest BCUT2D eigenvalue weighted by Crippen LogP contribution is -2.42. The molecule has 4 unspecified atom stereocenters. The molecule has 0 bridgehead atoms. The minimum atomic E-state index is -1.89. The Morgan fingerprint density at radius 1 is 1.19 bits per heavy atom. The fraction of sp³-hybridized carbons (Fsp3) is 0.696. The van der Waals surface area contributed by atoms with Crippen molar-refractivity contribution in [2.75, 3.05) is 0 Å². The molecule has 0 aliphatic heterocycles. The van der Waals surface area contributed by atoms with Crippen molar-refractivity contribution in [1.82, 2.24) is 0 Å². The quantitative estimate of drug-likeness (QED) is 0.733. The number of hydrogen-bond acceptors (Lipinski definition) is 4. The molecule has 1 aliphatic rings. The van der Waals surface area contributed by atoms with E-state index in [4.69, 9.17) is 4.74 Å². The Hall–Kier alpha value is -1.55. The molecule has 1 aliphatic carbocycles. The summed E-state index contributed by atoms with van der Waals surface area (Å²) in [5, 5.41) is 21.4. The van der Waals surface area contributed by atoms with E-state index in [1.807, 2.05) is 26.8 Å². The molecule has 4 nitrogen and oxygen atoms in total. The van der Waals surface area contributed by atoms with Crippen LogP contribution in [-0.2, 0) is 20.5 Å². The fourth-order valence-corrected chi connectivity index (χ4v) is 4.02. The molecule has 0 radical (unpaired) electrons. The second-order valence-electron chi connectivity index (χ2n) is 9.82. The van der Waals surface area contributed by atoms with Gasteiger partial charge in [0.2, 0.25) is 0 Å². The third-order valence-corrected chi connectivity index (χ3v) is 6.01. The van der Waals surface area contributed by atoms with Crippen LogP contribution in [0.4, 0.5) is 0 Å². The highest BCUT2D eigenvalue weighted by atomic mass is 16.6. The summed E-state index contributed by atoms with van der Waals surface area (Å²) in [6.45, 7) is 14.0. The number of aliphatic hydroxyl groups is 1. The highest BCUT2D eigenvalue weighted by molar-refractivity contribution is 5.81. The van der Waals surface area contributed by atoms with Gasteiger partial charge in [-0.2, -0.15) is 0 Å². The summed E-state index contributed by atoms with van der Waals surface area (Å²) < 4.78 is 5.81. The van der Waals surface area contributed by atoms with Gasteiger partial charge >= 0.3 is 5.97 Å². The van der Waals surface area contributed by atoms with Crippen molar-refractivity contribution >= 4 is 5.97 Å². The molecule has 1 aromatic carbocycles. The molecule has 0 heterocycles. The average molecular weight is 377 g/mol. The number of phenolic OH excluding ortho intramolecular Hbond substituents is 1. The van der Waals surface area contributed by atoms with E-state index in [2.05, 4.69) is 20.8 Å². The Bertz CT molecular complexity index is 669. The van der Waals surface area contributed by atoms with Crippen LogP contribution in [0.25, 0.3) is 0 Å². The van der Waals surface area contributed by atoms with Gasteiger partial charge in [-0.1, -0.05) is 60.1 Å². The molecule has 1 aromatic rings. The Morgan fingerprint density at radius 2 is 1.81 bits per heavy atom. The highest BCUT2D eigenvalue weighted by Crippen LogP contribution is 2.38. The van der Waals surface area contributed by atoms with Crippen LogP contribution in [0.3, 0.4) is 0 Å². The van der Waals surface area contributed by atoms with Crippen LogP contribution >= 0.6 is 0 Å². The molecular formula is C23H36O4. The third kappa shape index (κ3) is 4.84. The molecule has 0 spiro atoms. The summed E-state index contributed by atoms with van der Waals surface area (Å²) in [4.78, 5) is 12.9. The van der Waals surface area contributed by atoms with Gasteiger partial charge in [0.25, 0.3) is 0 Å². The van der Waals surface area contributed by atoms with E-state index in [0.717, 1.165) is 24.8 Å². The van der Waals surface area contributed by atoms with Crippen LogP contribution < -0.4 is 0 Å². The van der Waals surface area contributed by atoms with Gasteiger partial charge in [-0.3, -0.25) is 0 Å². The molecular weight excluding hydrogens is 340 g/mol. The topological polar surface area (TPSA) is 66.8 Å². The smallest absolute Gasteiger partial charge is 0.342 e. The molecule has 2 N–H and O–H groups in total. The first-order chi connectivity index (χ1) is 12.3. The molecule has 1 fully saturated rings. The third-order valence-electron chi connectivity index (χ3n) is 6.01. The van der Waals surface area contributed by atoms with E-state index in [0.29, 0.717) is 17.8 Å². The Morgan fingerprint density at radius 3 is 2.33 bits per heavy atom. The van der Waals surface area contributed by atoms with Crippen LogP contribution in [0.5, 0.6) is 5.75 Å². The zero-order valence-corrected chi connectivity index (χ0v) is 17.9. The summed E-state index contributed by atoms with van der Waals surface area (Å²) in [6, 6.07) is 5.09. The lowest BCUT2D eigenvalue weighted by Gasteiger charge is -2.38. The fourth-order valence-electron chi connectivity index (χ4n) is 4.02.